The lowest BCUT2D eigenvalue weighted by molar-refractivity contribution is 0.0343. The van der Waals surface area contributed by atoms with Crippen molar-refractivity contribution in [1.29, 1.82) is 0 Å². The molecule has 11 heteroatoms. The van der Waals surface area contributed by atoms with Crippen molar-refractivity contribution < 1.29 is 27.1 Å². The smallest absolute Gasteiger partial charge is 0.255 e. The summed E-state index contributed by atoms with van der Waals surface area (Å²) in [5.74, 6) is -3.24. The zero-order valence-electron chi connectivity index (χ0n) is 19.1. The maximum absolute atomic E-state index is 14.6. The number of aryl methyl sites for hydroxylation is 1. The molecule has 4 rings (SSSR count). The van der Waals surface area contributed by atoms with Crippen molar-refractivity contribution in [2.45, 2.75) is 24.0 Å². The van der Waals surface area contributed by atoms with Gasteiger partial charge < -0.3 is 10.4 Å². The topological polar surface area (TPSA) is 114 Å². The molecule has 0 aliphatic rings. The standard InChI is InChI=1S/C25H22F2N4O4S/c1-17-3-2-4-18(11-17)24(32)30-20-6-8-21(9-7-20)36(34,35)14-25(33,13-31-16-28-15-29-31)22-10-5-19(26)12-23(22)27/h2-12,15-16,33H,13-14H2,1H3,(H,30,32). The quantitative estimate of drug-likeness (QED) is 0.374. The van der Waals surface area contributed by atoms with Crippen LogP contribution < -0.4 is 5.32 Å². The van der Waals surface area contributed by atoms with Gasteiger partial charge in [-0.3, -0.25) is 4.79 Å². The number of amides is 1. The lowest BCUT2D eigenvalue weighted by Crippen LogP contribution is -2.40. The molecule has 0 saturated carbocycles. The van der Waals surface area contributed by atoms with Gasteiger partial charge in [-0.2, -0.15) is 5.10 Å². The van der Waals surface area contributed by atoms with E-state index in [1.807, 2.05) is 13.0 Å². The van der Waals surface area contributed by atoms with Crippen LogP contribution in [0.2, 0.25) is 0 Å². The van der Waals surface area contributed by atoms with E-state index in [9.17, 15) is 27.1 Å². The number of aromatic nitrogens is 3. The Morgan fingerprint density at radius 3 is 2.47 bits per heavy atom. The highest BCUT2D eigenvalue weighted by Crippen LogP contribution is 2.31. The summed E-state index contributed by atoms with van der Waals surface area (Å²) in [6, 6.07) is 14.9. The van der Waals surface area contributed by atoms with Gasteiger partial charge in [-0.25, -0.2) is 26.9 Å². The molecule has 186 valence electrons. The minimum atomic E-state index is -4.18. The molecule has 8 nitrogen and oxygen atoms in total. The minimum Gasteiger partial charge on any atom is -0.382 e. The molecule has 0 fully saturated rings. The van der Waals surface area contributed by atoms with Crippen LogP contribution in [0.5, 0.6) is 0 Å². The third-order valence-electron chi connectivity index (χ3n) is 5.50. The molecule has 4 aromatic rings. The highest BCUT2D eigenvalue weighted by atomic mass is 32.2. The Morgan fingerprint density at radius 2 is 1.83 bits per heavy atom. The number of aliphatic hydroxyl groups is 1. The van der Waals surface area contributed by atoms with Gasteiger partial charge in [0.25, 0.3) is 5.91 Å². The van der Waals surface area contributed by atoms with Crippen LogP contribution in [0.4, 0.5) is 14.5 Å². The van der Waals surface area contributed by atoms with Crippen LogP contribution in [0.1, 0.15) is 21.5 Å². The molecule has 0 bridgehead atoms. The van der Waals surface area contributed by atoms with Crippen LogP contribution in [-0.4, -0.2) is 39.9 Å². The van der Waals surface area contributed by atoms with E-state index in [-0.39, 0.29) is 10.8 Å². The maximum Gasteiger partial charge on any atom is 0.255 e. The van der Waals surface area contributed by atoms with Gasteiger partial charge in [0.15, 0.2) is 9.84 Å². The molecule has 1 aromatic heterocycles. The summed E-state index contributed by atoms with van der Waals surface area (Å²) < 4.78 is 55.7. The second kappa shape index (κ2) is 9.96. The molecule has 0 aliphatic carbocycles. The molecule has 0 aliphatic heterocycles. The van der Waals surface area contributed by atoms with Crippen molar-refractivity contribution in [2.75, 3.05) is 11.1 Å². The van der Waals surface area contributed by atoms with Crippen molar-refractivity contribution >= 4 is 21.4 Å². The van der Waals surface area contributed by atoms with Crippen molar-refractivity contribution in [2.24, 2.45) is 0 Å². The molecule has 1 atom stereocenters. The Balaban J connectivity index is 1.59. The molecule has 0 saturated heterocycles. The van der Waals surface area contributed by atoms with Crippen molar-refractivity contribution in [3.05, 3.63) is 108 Å². The van der Waals surface area contributed by atoms with Gasteiger partial charge in [-0.1, -0.05) is 23.8 Å². The maximum atomic E-state index is 14.6. The summed E-state index contributed by atoms with van der Waals surface area (Å²) in [4.78, 5) is 16.1. The fraction of sp³-hybridized carbons (Fsp3) is 0.160. The van der Waals surface area contributed by atoms with Crippen LogP contribution in [0.3, 0.4) is 0 Å². The van der Waals surface area contributed by atoms with Gasteiger partial charge in [-0.15, -0.1) is 0 Å². The van der Waals surface area contributed by atoms with E-state index in [2.05, 4.69) is 15.4 Å². The van der Waals surface area contributed by atoms with Gasteiger partial charge >= 0.3 is 0 Å². The number of nitrogens with one attached hydrogen (secondary N) is 1. The summed E-state index contributed by atoms with van der Waals surface area (Å²) in [6.45, 7) is 1.41. The van der Waals surface area contributed by atoms with E-state index < -0.39 is 44.9 Å². The Labute approximate surface area is 206 Å². The number of rotatable bonds is 8. The third kappa shape index (κ3) is 5.64. The summed E-state index contributed by atoms with van der Waals surface area (Å²) in [6.07, 6.45) is 2.42. The van der Waals surface area contributed by atoms with Crippen LogP contribution in [-0.2, 0) is 22.0 Å². The van der Waals surface area contributed by atoms with Crippen LogP contribution in [0.25, 0.3) is 0 Å². The average Bonchev–Trinajstić information content (AvgIpc) is 3.31. The van der Waals surface area contributed by atoms with Gasteiger partial charge in [0.2, 0.25) is 0 Å². The van der Waals surface area contributed by atoms with Gasteiger partial charge in [0, 0.05) is 22.9 Å². The number of hydrogen-bond acceptors (Lipinski definition) is 6. The lowest BCUT2D eigenvalue weighted by Gasteiger charge is -2.28. The Kier molecular flexibility index (Phi) is 6.95. The number of anilines is 1. The number of carbonyl (C=O) groups excluding carboxylic acids is 1. The van der Waals surface area contributed by atoms with E-state index in [4.69, 9.17) is 0 Å². The zero-order chi connectivity index (χ0) is 25.9. The van der Waals surface area contributed by atoms with E-state index in [0.717, 1.165) is 22.4 Å². The molecular formula is C25H22F2N4O4S. The molecule has 0 radical (unpaired) electrons. The Bertz CT molecular complexity index is 1490. The molecular weight excluding hydrogens is 490 g/mol. The van der Waals surface area contributed by atoms with Gasteiger partial charge in [0.05, 0.1) is 17.2 Å². The molecule has 2 N–H and O–H groups in total. The SMILES string of the molecule is Cc1cccc(C(=O)Nc2ccc(S(=O)(=O)CC(O)(Cn3cncn3)c3ccc(F)cc3F)cc2)c1. The molecule has 36 heavy (non-hydrogen) atoms. The molecule has 0 spiro atoms. The summed E-state index contributed by atoms with van der Waals surface area (Å²) in [5, 5.41) is 17.9. The Morgan fingerprint density at radius 1 is 1.08 bits per heavy atom. The number of carbonyl (C=O) groups is 1. The van der Waals surface area contributed by atoms with Crippen molar-refractivity contribution in [3.63, 3.8) is 0 Å². The first-order chi connectivity index (χ1) is 17.1. The third-order valence-corrected chi connectivity index (χ3v) is 7.35. The van der Waals surface area contributed by atoms with Gasteiger partial charge in [-0.05, 0) is 49.4 Å². The van der Waals surface area contributed by atoms with E-state index in [1.165, 1.54) is 36.9 Å². The predicted molar refractivity (Wildman–Crippen MR) is 128 cm³/mol. The fourth-order valence-electron chi connectivity index (χ4n) is 3.79. The average molecular weight is 513 g/mol. The Hall–Kier alpha value is -3.96. The number of hydrogen-bond donors (Lipinski definition) is 2. The normalized spacial score (nSPS) is 13.2. The first-order valence-electron chi connectivity index (χ1n) is 10.8. The number of sulfone groups is 1. The first kappa shape index (κ1) is 25.1. The molecule has 3 aromatic carbocycles. The van der Waals surface area contributed by atoms with Gasteiger partial charge in [0.1, 0.15) is 29.9 Å². The molecule has 1 unspecified atom stereocenters. The van der Waals surface area contributed by atoms with Crippen LogP contribution in [0.15, 0.2) is 84.3 Å². The zero-order valence-corrected chi connectivity index (χ0v) is 19.9. The lowest BCUT2D eigenvalue weighted by atomic mass is 9.95. The highest BCUT2D eigenvalue weighted by Gasteiger charge is 2.39. The van der Waals surface area contributed by atoms with Crippen LogP contribution >= 0.6 is 0 Å². The van der Waals surface area contributed by atoms with E-state index in [0.29, 0.717) is 17.3 Å². The highest BCUT2D eigenvalue weighted by molar-refractivity contribution is 7.91. The number of halogens is 2. The monoisotopic (exact) mass is 512 g/mol. The molecule has 1 amide bonds. The largest absolute Gasteiger partial charge is 0.382 e. The number of benzene rings is 3. The minimum absolute atomic E-state index is 0.157. The van der Waals surface area contributed by atoms with Crippen molar-refractivity contribution in [1.82, 2.24) is 14.8 Å². The first-order valence-corrected chi connectivity index (χ1v) is 12.4. The van der Waals surface area contributed by atoms with E-state index >= 15 is 0 Å². The predicted octanol–water partition coefficient (Wildman–Crippen LogP) is 3.48. The summed E-state index contributed by atoms with van der Waals surface area (Å²) >= 11 is 0. The second-order valence-corrected chi connectivity index (χ2v) is 10.3. The second-order valence-electron chi connectivity index (χ2n) is 8.36. The fourth-order valence-corrected chi connectivity index (χ4v) is 5.38. The molecule has 1 heterocycles. The summed E-state index contributed by atoms with van der Waals surface area (Å²) in [5.41, 5.74) is -0.957. The summed E-state index contributed by atoms with van der Waals surface area (Å²) in [7, 11) is -4.18. The van der Waals surface area contributed by atoms with E-state index in [1.54, 1.807) is 18.2 Å². The van der Waals surface area contributed by atoms with Crippen molar-refractivity contribution in [3.8, 4) is 0 Å². The number of nitrogens with zero attached hydrogens (tertiary/aromatic N) is 3. The van der Waals surface area contributed by atoms with Crippen LogP contribution in [0, 0.1) is 18.6 Å².